The van der Waals surface area contributed by atoms with E-state index in [-0.39, 0.29) is 36.5 Å². The summed E-state index contributed by atoms with van der Waals surface area (Å²) >= 11 is 0. The van der Waals surface area contributed by atoms with Crippen LogP contribution in [0.25, 0.3) is 0 Å². The molecule has 2 aromatic carbocycles. The van der Waals surface area contributed by atoms with E-state index >= 15 is 0 Å². The first-order valence-corrected chi connectivity index (χ1v) is 10.7. The van der Waals surface area contributed by atoms with Crippen LogP contribution in [0.5, 0.6) is 5.75 Å². The minimum atomic E-state index is -0.256. The molecule has 0 radical (unpaired) electrons. The average molecular weight is 408 g/mol. The zero-order chi connectivity index (χ0) is 21.3. The lowest BCUT2D eigenvalue weighted by Gasteiger charge is -2.37. The smallest absolute Gasteiger partial charge is 0.410 e. The number of aryl methyl sites for hydroxylation is 2. The maximum absolute atomic E-state index is 13.2. The Balaban J connectivity index is 1.42. The van der Waals surface area contributed by atoms with Gasteiger partial charge in [0, 0.05) is 23.6 Å². The number of piperidine rings is 1. The average Bonchev–Trinajstić information content (AvgIpc) is 3.01. The number of nitrogens with zero attached hydrogens (tertiary/aromatic N) is 1. The fourth-order valence-electron chi connectivity index (χ4n) is 5.13. The van der Waals surface area contributed by atoms with Crippen molar-refractivity contribution in [3.63, 3.8) is 0 Å². The Morgan fingerprint density at radius 3 is 2.17 bits per heavy atom. The van der Waals surface area contributed by atoms with E-state index in [1.54, 1.807) is 7.11 Å². The molecule has 2 aromatic rings. The van der Waals surface area contributed by atoms with Crippen LogP contribution in [0, 0.1) is 19.8 Å². The molecule has 0 spiro atoms. The third-order valence-corrected chi connectivity index (χ3v) is 6.47. The third kappa shape index (κ3) is 3.93. The maximum atomic E-state index is 13.2. The first kappa shape index (κ1) is 20.5. The molecule has 5 heteroatoms. The zero-order valence-corrected chi connectivity index (χ0v) is 17.9. The second-order valence-corrected chi connectivity index (χ2v) is 8.51. The molecular weight excluding hydrogens is 378 g/mol. The molecule has 158 valence electrons. The number of Topliss-reactive ketones (excluding diaryl/α,β-unsaturated/α-hetero) is 1. The summed E-state index contributed by atoms with van der Waals surface area (Å²) in [5, 5.41) is 0. The van der Waals surface area contributed by atoms with Gasteiger partial charge in [-0.2, -0.15) is 0 Å². The van der Waals surface area contributed by atoms with E-state index in [0.717, 1.165) is 40.8 Å². The van der Waals surface area contributed by atoms with Gasteiger partial charge in [-0.15, -0.1) is 0 Å². The van der Waals surface area contributed by atoms with Crippen molar-refractivity contribution in [2.24, 2.45) is 5.92 Å². The minimum Gasteiger partial charge on any atom is -0.496 e. The van der Waals surface area contributed by atoms with Crippen molar-refractivity contribution in [1.82, 2.24) is 4.90 Å². The number of fused-ring (bicyclic) bond motifs is 2. The SMILES string of the molecule is COc1c(C)cc(C(=O)C2CC3CCC(C2)N3C(=O)OCc2ccccc2)cc1C. The number of carbonyl (C=O) groups excluding carboxylic acids is 2. The summed E-state index contributed by atoms with van der Waals surface area (Å²) in [7, 11) is 1.65. The van der Waals surface area contributed by atoms with Crippen LogP contribution >= 0.6 is 0 Å². The minimum absolute atomic E-state index is 0.0483. The summed E-state index contributed by atoms with van der Waals surface area (Å²) in [4.78, 5) is 27.9. The number of hydrogen-bond donors (Lipinski definition) is 0. The van der Waals surface area contributed by atoms with Gasteiger partial charge >= 0.3 is 6.09 Å². The molecule has 0 saturated carbocycles. The predicted molar refractivity (Wildman–Crippen MR) is 115 cm³/mol. The molecule has 2 bridgehead atoms. The largest absolute Gasteiger partial charge is 0.496 e. The highest BCUT2D eigenvalue weighted by atomic mass is 16.6. The highest BCUT2D eigenvalue weighted by molar-refractivity contribution is 5.98. The summed E-state index contributed by atoms with van der Waals surface area (Å²) in [5.41, 5.74) is 3.68. The number of ketones is 1. The predicted octanol–water partition coefficient (Wildman–Crippen LogP) is 5.07. The Morgan fingerprint density at radius 2 is 1.60 bits per heavy atom. The van der Waals surface area contributed by atoms with E-state index in [0.29, 0.717) is 12.8 Å². The molecule has 5 nitrogen and oxygen atoms in total. The van der Waals surface area contributed by atoms with E-state index in [2.05, 4.69) is 0 Å². The van der Waals surface area contributed by atoms with Gasteiger partial charge in [-0.25, -0.2) is 4.79 Å². The quantitative estimate of drug-likeness (QED) is 0.649. The normalized spacial score (nSPS) is 22.6. The summed E-state index contributed by atoms with van der Waals surface area (Å²) in [5.74, 6) is 0.966. The zero-order valence-electron chi connectivity index (χ0n) is 17.9. The van der Waals surface area contributed by atoms with Crippen molar-refractivity contribution >= 4 is 11.9 Å². The number of hydrogen-bond acceptors (Lipinski definition) is 4. The Hall–Kier alpha value is -2.82. The van der Waals surface area contributed by atoms with Crippen LogP contribution in [0.4, 0.5) is 4.79 Å². The number of ether oxygens (including phenoxy) is 2. The van der Waals surface area contributed by atoms with Crippen LogP contribution in [0.1, 0.15) is 52.7 Å². The third-order valence-electron chi connectivity index (χ3n) is 6.47. The molecule has 0 aliphatic carbocycles. The molecule has 2 unspecified atom stereocenters. The second kappa shape index (κ2) is 8.50. The Morgan fingerprint density at radius 1 is 1.00 bits per heavy atom. The Bertz CT molecular complexity index is 902. The van der Waals surface area contributed by atoms with Gasteiger partial charge in [0.2, 0.25) is 0 Å². The first-order valence-electron chi connectivity index (χ1n) is 10.7. The molecule has 1 amide bonds. The molecule has 30 heavy (non-hydrogen) atoms. The number of carbonyl (C=O) groups is 2. The number of rotatable bonds is 5. The second-order valence-electron chi connectivity index (χ2n) is 8.51. The molecule has 0 N–H and O–H groups in total. The highest BCUT2D eigenvalue weighted by Crippen LogP contribution is 2.40. The van der Waals surface area contributed by atoms with Gasteiger partial charge < -0.3 is 14.4 Å². The molecule has 2 fully saturated rings. The fraction of sp³-hybridized carbons (Fsp3) is 0.440. The van der Waals surface area contributed by atoms with Gasteiger partial charge in [-0.1, -0.05) is 30.3 Å². The van der Waals surface area contributed by atoms with Crippen molar-refractivity contribution in [1.29, 1.82) is 0 Å². The van der Waals surface area contributed by atoms with Gasteiger partial charge in [-0.3, -0.25) is 4.79 Å². The molecule has 0 aromatic heterocycles. The summed E-state index contributed by atoms with van der Waals surface area (Å²) in [6.07, 6.45) is 3.04. The van der Waals surface area contributed by atoms with Gasteiger partial charge in [0.25, 0.3) is 0 Å². The highest BCUT2D eigenvalue weighted by Gasteiger charge is 2.46. The van der Waals surface area contributed by atoms with E-state index in [4.69, 9.17) is 9.47 Å². The van der Waals surface area contributed by atoms with Crippen molar-refractivity contribution in [2.45, 2.75) is 58.2 Å². The van der Waals surface area contributed by atoms with Crippen LogP contribution in [-0.2, 0) is 11.3 Å². The monoisotopic (exact) mass is 407 g/mol. The van der Waals surface area contributed by atoms with Crippen molar-refractivity contribution in [3.05, 3.63) is 64.7 Å². The molecule has 2 atom stereocenters. The lowest BCUT2D eigenvalue weighted by atomic mass is 9.84. The first-order chi connectivity index (χ1) is 14.5. The van der Waals surface area contributed by atoms with Crippen molar-refractivity contribution in [3.8, 4) is 5.75 Å². The van der Waals surface area contributed by atoms with Gasteiger partial charge in [0.05, 0.1) is 7.11 Å². The van der Waals surface area contributed by atoms with E-state index in [1.807, 2.05) is 61.2 Å². The molecular formula is C25H29NO4. The van der Waals surface area contributed by atoms with E-state index < -0.39 is 0 Å². The van der Waals surface area contributed by atoms with Crippen molar-refractivity contribution < 1.29 is 19.1 Å². The summed E-state index contributed by atoms with van der Waals surface area (Å²) < 4.78 is 11.0. The Labute approximate surface area is 178 Å². The lowest BCUT2D eigenvalue weighted by Crippen LogP contribution is -2.48. The molecule has 2 heterocycles. The standard InChI is InChI=1S/C25H29NO4/c1-16-11-19(12-17(2)24(16)29-3)23(27)20-13-21-9-10-22(14-20)26(21)25(28)30-15-18-7-5-4-6-8-18/h4-8,11-12,20-22H,9-10,13-15H2,1-3H3. The van der Waals surface area contributed by atoms with Gasteiger partial charge in [0.15, 0.2) is 5.78 Å². The van der Waals surface area contributed by atoms with Gasteiger partial charge in [-0.05, 0) is 68.4 Å². The molecule has 2 aliphatic heterocycles. The molecule has 2 aliphatic rings. The fourth-order valence-corrected chi connectivity index (χ4v) is 5.13. The van der Waals surface area contributed by atoms with Crippen LogP contribution in [0.15, 0.2) is 42.5 Å². The number of amides is 1. The summed E-state index contributed by atoms with van der Waals surface area (Å²) in [6, 6.07) is 13.7. The number of benzene rings is 2. The van der Waals surface area contributed by atoms with E-state index in [9.17, 15) is 9.59 Å². The maximum Gasteiger partial charge on any atom is 0.410 e. The van der Waals surface area contributed by atoms with Crippen molar-refractivity contribution in [2.75, 3.05) is 7.11 Å². The number of methoxy groups -OCH3 is 1. The molecule has 2 saturated heterocycles. The summed E-state index contributed by atoms with van der Waals surface area (Å²) in [6.45, 7) is 4.22. The molecule has 4 rings (SSSR count). The van der Waals surface area contributed by atoms with E-state index in [1.165, 1.54) is 0 Å². The Kier molecular flexibility index (Phi) is 5.80. The van der Waals surface area contributed by atoms with Crippen LogP contribution in [-0.4, -0.2) is 36.0 Å². The van der Waals surface area contributed by atoms with Crippen LogP contribution in [0.3, 0.4) is 0 Å². The lowest BCUT2D eigenvalue weighted by molar-refractivity contribution is 0.0485. The van der Waals surface area contributed by atoms with Crippen LogP contribution in [0.2, 0.25) is 0 Å². The van der Waals surface area contributed by atoms with Gasteiger partial charge in [0.1, 0.15) is 12.4 Å². The van der Waals surface area contributed by atoms with Crippen LogP contribution < -0.4 is 4.74 Å². The topological polar surface area (TPSA) is 55.8 Å².